The fourth-order valence-corrected chi connectivity index (χ4v) is 13.9. The lowest BCUT2D eigenvalue weighted by molar-refractivity contribution is -0.273. The molecule has 8 fully saturated rings. The largest absolute Gasteiger partial charge is 0.353 e. The standard InChI is InChI=1S/C41H68N4O4/c1-6-43-19-21-44(22-20-43)31-12-17-45(18-13-31)37(47)25-36(46)42-30-10-14-39(4)29(23-30)7-8-32-33(39)11-15-40(5)34(32)24-35-38(40)28(3)41(49-35)16-9-27(2)26-48-41/h27-35,38H,6-26H2,1-5H3,(H,42,46)/t27-,28+,29-,30?,32-,33?,34+,35+,38+,39+,40+,41-/m1/s1. The molecular formula is C41H68N4O4. The first kappa shape index (κ1) is 34.8. The zero-order chi connectivity index (χ0) is 34.1. The number of rotatable bonds is 5. The number of hydrogen-bond donors (Lipinski definition) is 1. The van der Waals surface area contributed by atoms with Crippen LogP contribution in [0.1, 0.15) is 118 Å². The normalized spacial score (nSPS) is 47.7. The summed E-state index contributed by atoms with van der Waals surface area (Å²) < 4.78 is 13.6. The Kier molecular flexibility index (Phi) is 9.47. The predicted molar refractivity (Wildman–Crippen MR) is 192 cm³/mol. The second-order valence-corrected chi connectivity index (χ2v) is 19.0. The van der Waals surface area contributed by atoms with Crippen LogP contribution < -0.4 is 5.32 Å². The molecule has 1 N–H and O–H groups in total. The molecule has 4 saturated heterocycles. The summed E-state index contributed by atoms with van der Waals surface area (Å²) in [6, 6.07) is 0.796. The van der Waals surface area contributed by atoms with Crippen LogP contribution in [0.4, 0.5) is 0 Å². The van der Waals surface area contributed by atoms with Gasteiger partial charge in [0, 0.05) is 63.7 Å². The second kappa shape index (κ2) is 13.3. The molecule has 0 aromatic rings. The molecule has 2 unspecified atom stereocenters. The molecule has 8 aliphatic rings. The van der Waals surface area contributed by atoms with Crippen LogP contribution >= 0.6 is 0 Å². The van der Waals surface area contributed by atoms with E-state index >= 15 is 0 Å². The van der Waals surface area contributed by atoms with Gasteiger partial charge in [0.1, 0.15) is 6.42 Å². The number of nitrogens with zero attached hydrogens (tertiary/aromatic N) is 3. The van der Waals surface area contributed by atoms with Crippen molar-refractivity contribution < 1.29 is 19.1 Å². The molecule has 4 aliphatic heterocycles. The molecule has 8 nitrogen and oxygen atoms in total. The number of carbonyl (C=O) groups excluding carboxylic acids is 2. The Morgan fingerprint density at radius 2 is 1.57 bits per heavy atom. The molecule has 0 bridgehead atoms. The summed E-state index contributed by atoms with van der Waals surface area (Å²) in [6.45, 7) is 20.4. The maximum atomic E-state index is 13.2. The number of likely N-dealkylation sites (N-methyl/N-ethyl adjacent to an activating group) is 1. The highest BCUT2D eigenvalue weighted by Gasteiger charge is 2.69. The molecule has 8 heteroatoms. The van der Waals surface area contributed by atoms with E-state index in [-0.39, 0.29) is 30.1 Å². The SMILES string of the molecule is CCN1CCN(C2CCN(C(=O)CC(=O)NC3CC[C@]4(C)C5CC[C@]6(C)[C@@H]7[C@H](C[C@H]6[C@@H]5CC[C@@H]4C3)O[C@]3(CC[C@@H](C)CO3)[C@H]7C)CC2)CC1. The van der Waals surface area contributed by atoms with Crippen molar-refractivity contribution in [1.29, 1.82) is 0 Å². The molecule has 0 aromatic heterocycles. The zero-order valence-electron chi connectivity index (χ0n) is 31.6. The molecule has 12 atom stereocenters. The van der Waals surface area contributed by atoms with Crippen molar-refractivity contribution in [2.45, 2.75) is 142 Å². The van der Waals surface area contributed by atoms with Gasteiger partial charge in [-0.15, -0.1) is 0 Å². The van der Waals surface area contributed by atoms with Crippen molar-refractivity contribution in [1.82, 2.24) is 20.0 Å². The molecule has 4 saturated carbocycles. The van der Waals surface area contributed by atoms with Crippen LogP contribution in [-0.4, -0.2) is 103 Å². The van der Waals surface area contributed by atoms with Gasteiger partial charge < -0.3 is 24.6 Å². The fraction of sp³-hybridized carbons (Fsp3) is 0.951. The van der Waals surface area contributed by atoms with Crippen molar-refractivity contribution in [3.8, 4) is 0 Å². The van der Waals surface area contributed by atoms with E-state index in [1.807, 2.05) is 4.90 Å². The van der Waals surface area contributed by atoms with Gasteiger partial charge in [0.2, 0.25) is 11.8 Å². The Morgan fingerprint density at radius 3 is 2.29 bits per heavy atom. The maximum Gasteiger partial charge on any atom is 0.232 e. The maximum absolute atomic E-state index is 13.2. The number of nitrogens with one attached hydrogen (secondary N) is 1. The lowest BCUT2D eigenvalue weighted by atomic mass is 9.44. The van der Waals surface area contributed by atoms with Crippen LogP contribution in [0.5, 0.6) is 0 Å². The Bertz CT molecular complexity index is 1220. The summed E-state index contributed by atoms with van der Waals surface area (Å²) >= 11 is 0. The second-order valence-electron chi connectivity index (χ2n) is 19.0. The minimum absolute atomic E-state index is 0.0113. The number of ether oxygens (including phenoxy) is 2. The van der Waals surface area contributed by atoms with Crippen molar-refractivity contribution in [2.75, 3.05) is 52.4 Å². The number of likely N-dealkylation sites (tertiary alicyclic amines) is 1. The van der Waals surface area contributed by atoms with Gasteiger partial charge in [-0.1, -0.05) is 34.6 Å². The molecule has 0 aromatic carbocycles. The van der Waals surface area contributed by atoms with E-state index in [4.69, 9.17) is 9.47 Å². The highest BCUT2D eigenvalue weighted by molar-refractivity contribution is 5.97. The quantitative estimate of drug-likeness (QED) is 0.363. The third-order valence-electron chi connectivity index (χ3n) is 16.8. The van der Waals surface area contributed by atoms with Crippen molar-refractivity contribution >= 4 is 11.8 Å². The van der Waals surface area contributed by atoms with E-state index in [2.05, 4.69) is 49.7 Å². The van der Waals surface area contributed by atoms with Crippen LogP contribution in [0.25, 0.3) is 0 Å². The van der Waals surface area contributed by atoms with E-state index in [0.717, 1.165) is 102 Å². The average molecular weight is 681 g/mol. The number of hydrogen-bond acceptors (Lipinski definition) is 6. The highest BCUT2D eigenvalue weighted by Crippen LogP contribution is 2.71. The monoisotopic (exact) mass is 681 g/mol. The van der Waals surface area contributed by atoms with Crippen molar-refractivity contribution in [3.63, 3.8) is 0 Å². The van der Waals surface area contributed by atoms with Crippen LogP contribution in [0, 0.1) is 52.3 Å². The zero-order valence-corrected chi connectivity index (χ0v) is 31.6. The number of amides is 2. The number of piperazine rings is 1. The molecule has 49 heavy (non-hydrogen) atoms. The summed E-state index contributed by atoms with van der Waals surface area (Å²) in [5.41, 5.74) is 0.727. The molecule has 4 heterocycles. The van der Waals surface area contributed by atoms with Crippen molar-refractivity contribution in [3.05, 3.63) is 0 Å². The first-order valence-electron chi connectivity index (χ1n) is 20.9. The van der Waals surface area contributed by atoms with Gasteiger partial charge >= 0.3 is 0 Å². The van der Waals surface area contributed by atoms with Crippen LogP contribution in [0.15, 0.2) is 0 Å². The topological polar surface area (TPSA) is 74.4 Å². The Balaban J connectivity index is 0.822. The van der Waals surface area contributed by atoms with Gasteiger partial charge in [0.05, 0.1) is 12.7 Å². The van der Waals surface area contributed by atoms with Gasteiger partial charge in [0.15, 0.2) is 5.79 Å². The van der Waals surface area contributed by atoms with E-state index in [0.29, 0.717) is 46.6 Å². The van der Waals surface area contributed by atoms with E-state index in [9.17, 15) is 9.59 Å². The first-order chi connectivity index (χ1) is 23.5. The molecule has 4 aliphatic carbocycles. The molecular weight excluding hydrogens is 612 g/mol. The van der Waals surface area contributed by atoms with E-state index < -0.39 is 0 Å². The van der Waals surface area contributed by atoms with Crippen molar-refractivity contribution in [2.24, 2.45) is 52.3 Å². The van der Waals surface area contributed by atoms with Gasteiger partial charge in [-0.25, -0.2) is 0 Å². The van der Waals surface area contributed by atoms with Gasteiger partial charge in [0.25, 0.3) is 0 Å². The smallest absolute Gasteiger partial charge is 0.232 e. The summed E-state index contributed by atoms with van der Waals surface area (Å²) in [6.07, 6.45) is 14.6. The van der Waals surface area contributed by atoms with Gasteiger partial charge in [-0.2, -0.15) is 0 Å². The van der Waals surface area contributed by atoms with Crippen LogP contribution in [0.2, 0.25) is 0 Å². The summed E-state index contributed by atoms with van der Waals surface area (Å²) in [5.74, 6) is 4.41. The first-order valence-corrected chi connectivity index (χ1v) is 20.9. The molecule has 8 rings (SSSR count). The van der Waals surface area contributed by atoms with Crippen LogP contribution in [0.3, 0.4) is 0 Å². The lowest BCUT2D eigenvalue weighted by Gasteiger charge is -2.61. The molecule has 1 spiro atoms. The minimum atomic E-state index is -0.329. The summed E-state index contributed by atoms with van der Waals surface area (Å²) in [4.78, 5) is 33.5. The molecule has 276 valence electrons. The predicted octanol–water partition coefficient (Wildman–Crippen LogP) is 5.94. The summed E-state index contributed by atoms with van der Waals surface area (Å²) in [5, 5.41) is 3.36. The van der Waals surface area contributed by atoms with E-state index in [1.165, 1.54) is 44.9 Å². The van der Waals surface area contributed by atoms with Gasteiger partial charge in [-0.05, 0) is 124 Å². The van der Waals surface area contributed by atoms with Gasteiger partial charge in [-0.3, -0.25) is 14.5 Å². The average Bonchev–Trinajstić information content (AvgIpc) is 3.55. The number of carbonyl (C=O) groups is 2. The summed E-state index contributed by atoms with van der Waals surface area (Å²) in [7, 11) is 0. The highest BCUT2D eigenvalue weighted by atomic mass is 16.7. The number of piperidine rings is 1. The third kappa shape index (κ3) is 6.02. The minimum Gasteiger partial charge on any atom is -0.353 e. The number of fused-ring (bicyclic) bond motifs is 7. The Morgan fingerprint density at radius 1 is 0.816 bits per heavy atom. The lowest BCUT2D eigenvalue weighted by Crippen LogP contribution is -2.56. The Labute approximate surface area is 297 Å². The molecule has 0 radical (unpaired) electrons. The fourth-order valence-electron chi connectivity index (χ4n) is 13.9. The molecule has 2 amide bonds. The Hall–Kier alpha value is -1.22. The third-order valence-corrected chi connectivity index (χ3v) is 16.8. The van der Waals surface area contributed by atoms with E-state index in [1.54, 1.807) is 0 Å². The van der Waals surface area contributed by atoms with Crippen LogP contribution in [-0.2, 0) is 19.1 Å².